The lowest BCUT2D eigenvalue weighted by Crippen LogP contribution is -2.36. The Bertz CT molecular complexity index is 1510. The van der Waals surface area contributed by atoms with Crippen molar-refractivity contribution in [1.29, 1.82) is 0 Å². The molecule has 206 valence electrons. The summed E-state index contributed by atoms with van der Waals surface area (Å²) < 4.78 is 16.0. The largest absolute Gasteiger partial charge is 0.493 e. The number of halogens is 2. The summed E-state index contributed by atoms with van der Waals surface area (Å²) in [5.74, 6) is -0.980. The Morgan fingerprint density at radius 2 is 1.73 bits per heavy atom. The number of anilines is 1. The summed E-state index contributed by atoms with van der Waals surface area (Å²) in [4.78, 5) is 50.9. The number of carbonyl (C=O) groups excluding carboxylic acids is 4. The third kappa shape index (κ3) is 6.95. The molecular weight excluding hydrogens is 579 g/mol. The molecule has 0 atom stereocenters. The molecule has 3 aromatic carbocycles. The Hall–Kier alpha value is -3.99. The maximum atomic E-state index is 12.9. The molecule has 12 heteroatoms. The summed E-state index contributed by atoms with van der Waals surface area (Å²) in [5.41, 5.74) is 1.84. The van der Waals surface area contributed by atoms with E-state index >= 15 is 0 Å². The van der Waals surface area contributed by atoms with Crippen molar-refractivity contribution in [2.75, 3.05) is 26.1 Å². The standard InChI is InChI=1S/C28H22Cl2N2O7S/c1-37-23-11-17(5-10-22(23)39-15-16-3-6-18(29)7-4-16)12-24-26(34)32(28(36)40-24)14-25(33)31-19-8-9-21(30)20(13-19)27(35)38-2/h3-13H,14-15H2,1-2H3,(H,31,33)/b24-12+. The van der Waals surface area contributed by atoms with E-state index in [1.54, 1.807) is 30.3 Å². The van der Waals surface area contributed by atoms with Crippen molar-refractivity contribution in [3.63, 3.8) is 0 Å². The van der Waals surface area contributed by atoms with E-state index in [2.05, 4.69) is 10.1 Å². The minimum Gasteiger partial charge on any atom is -0.493 e. The van der Waals surface area contributed by atoms with Crippen LogP contribution in [0.3, 0.4) is 0 Å². The van der Waals surface area contributed by atoms with Crippen LogP contribution in [0.25, 0.3) is 6.08 Å². The first-order chi connectivity index (χ1) is 19.2. The molecule has 0 radical (unpaired) electrons. The Morgan fingerprint density at radius 1 is 0.975 bits per heavy atom. The molecule has 1 aliphatic heterocycles. The molecule has 0 bridgehead atoms. The number of carbonyl (C=O) groups is 4. The maximum Gasteiger partial charge on any atom is 0.339 e. The summed E-state index contributed by atoms with van der Waals surface area (Å²) >= 11 is 12.6. The molecule has 0 saturated carbocycles. The van der Waals surface area contributed by atoms with Gasteiger partial charge >= 0.3 is 5.97 Å². The van der Waals surface area contributed by atoms with E-state index in [1.165, 1.54) is 38.5 Å². The summed E-state index contributed by atoms with van der Waals surface area (Å²) in [6.45, 7) is -0.215. The number of amides is 3. The number of rotatable bonds is 9. The Kier molecular flexibility index (Phi) is 9.36. The second-order valence-corrected chi connectivity index (χ2v) is 10.2. The second-order valence-electron chi connectivity index (χ2n) is 8.33. The molecule has 0 unspecified atom stereocenters. The van der Waals surface area contributed by atoms with Crippen molar-refractivity contribution in [2.24, 2.45) is 0 Å². The molecule has 40 heavy (non-hydrogen) atoms. The molecule has 0 aromatic heterocycles. The molecule has 1 saturated heterocycles. The van der Waals surface area contributed by atoms with Crippen molar-refractivity contribution < 1.29 is 33.4 Å². The van der Waals surface area contributed by atoms with E-state index in [4.69, 9.17) is 32.7 Å². The van der Waals surface area contributed by atoms with Gasteiger partial charge in [0.2, 0.25) is 5.91 Å². The van der Waals surface area contributed by atoms with E-state index in [9.17, 15) is 19.2 Å². The SMILES string of the molecule is COC(=O)c1cc(NC(=O)CN2C(=O)S/C(=C/c3ccc(OCc4ccc(Cl)cc4)c(OC)c3)C2=O)ccc1Cl. The fraction of sp³-hybridized carbons (Fsp3) is 0.143. The normalized spacial score (nSPS) is 13.9. The van der Waals surface area contributed by atoms with Gasteiger partial charge in [-0.1, -0.05) is 41.4 Å². The summed E-state index contributed by atoms with van der Waals surface area (Å²) in [7, 11) is 2.70. The van der Waals surface area contributed by atoms with Crippen LogP contribution >= 0.6 is 35.0 Å². The molecule has 1 aliphatic rings. The summed E-state index contributed by atoms with van der Waals surface area (Å²) in [5, 5.41) is 2.74. The van der Waals surface area contributed by atoms with Crippen LogP contribution in [0.2, 0.25) is 10.0 Å². The highest BCUT2D eigenvalue weighted by molar-refractivity contribution is 8.18. The van der Waals surface area contributed by atoms with E-state index in [1.807, 2.05) is 12.1 Å². The van der Waals surface area contributed by atoms with Crippen molar-refractivity contribution >= 4 is 69.8 Å². The lowest BCUT2D eigenvalue weighted by Gasteiger charge is -2.13. The topological polar surface area (TPSA) is 111 Å². The van der Waals surface area contributed by atoms with Gasteiger partial charge in [-0.3, -0.25) is 19.3 Å². The number of hydrogen-bond acceptors (Lipinski definition) is 8. The van der Waals surface area contributed by atoms with Crippen molar-refractivity contribution in [2.45, 2.75) is 6.61 Å². The van der Waals surface area contributed by atoms with Crippen LogP contribution in [0.15, 0.2) is 65.6 Å². The molecule has 1 heterocycles. The lowest BCUT2D eigenvalue weighted by atomic mass is 10.1. The van der Waals surface area contributed by atoms with Crippen LogP contribution in [0, 0.1) is 0 Å². The van der Waals surface area contributed by atoms with Crippen LogP contribution in [0.1, 0.15) is 21.5 Å². The Morgan fingerprint density at radius 3 is 2.42 bits per heavy atom. The highest BCUT2D eigenvalue weighted by atomic mass is 35.5. The Labute approximate surface area is 244 Å². The number of nitrogens with zero attached hydrogens (tertiary/aromatic N) is 1. The monoisotopic (exact) mass is 600 g/mol. The van der Waals surface area contributed by atoms with Crippen molar-refractivity contribution in [3.05, 3.63) is 92.3 Å². The average molecular weight is 601 g/mol. The van der Waals surface area contributed by atoms with Crippen molar-refractivity contribution in [3.8, 4) is 11.5 Å². The zero-order valence-electron chi connectivity index (χ0n) is 21.2. The predicted octanol–water partition coefficient (Wildman–Crippen LogP) is 6.04. The van der Waals surface area contributed by atoms with Crippen molar-refractivity contribution in [1.82, 2.24) is 4.90 Å². The van der Waals surface area contributed by atoms with E-state index in [0.29, 0.717) is 28.7 Å². The minimum absolute atomic E-state index is 0.0629. The third-order valence-electron chi connectivity index (χ3n) is 5.62. The summed E-state index contributed by atoms with van der Waals surface area (Å²) in [6.07, 6.45) is 1.54. The van der Waals surface area contributed by atoms with Gasteiger partial charge in [0, 0.05) is 10.7 Å². The number of benzene rings is 3. The minimum atomic E-state index is -0.671. The average Bonchev–Trinajstić information content (AvgIpc) is 3.20. The first-order valence-electron chi connectivity index (χ1n) is 11.7. The molecule has 1 fully saturated rings. The lowest BCUT2D eigenvalue weighted by molar-refractivity contribution is -0.127. The molecule has 4 rings (SSSR count). The number of nitrogens with one attached hydrogen (secondary N) is 1. The molecule has 1 N–H and O–H groups in total. The van der Waals surface area contributed by atoms with Gasteiger partial charge in [0.15, 0.2) is 11.5 Å². The van der Waals surface area contributed by atoms with E-state index in [0.717, 1.165) is 22.2 Å². The van der Waals surface area contributed by atoms with Gasteiger partial charge in [0.05, 0.1) is 29.7 Å². The molecular formula is C28H22Cl2N2O7S. The Balaban J connectivity index is 1.42. The van der Waals surface area contributed by atoms with Gasteiger partial charge in [0.25, 0.3) is 11.1 Å². The number of imide groups is 1. The fourth-order valence-electron chi connectivity index (χ4n) is 3.64. The van der Waals surface area contributed by atoms with Crippen LogP contribution in [0.4, 0.5) is 10.5 Å². The highest BCUT2D eigenvalue weighted by Gasteiger charge is 2.36. The number of methoxy groups -OCH3 is 2. The first kappa shape index (κ1) is 29.0. The molecule has 0 aliphatic carbocycles. The second kappa shape index (κ2) is 12.9. The van der Waals surface area contributed by atoms with Gasteiger partial charge in [-0.2, -0.15) is 0 Å². The van der Waals surface area contributed by atoms with Gasteiger partial charge in [-0.25, -0.2) is 4.79 Å². The molecule has 9 nitrogen and oxygen atoms in total. The van der Waals surface area contributed by atoms with E-state index in [-0.39, 0.29) is 21.2 Å². The maximum absolute atomic E-state index is 12.9. The zero-order chi connectivity index (χ0) is 28.8. The zero-order valence-corrected chi connectivity index (χ0v) is 23.6. The molecule has 3 amide bonds. The summed E-state index contributed by atoms with van der Waals surface area (Å²) in [6, 6.07) is 16.6. The number of hydrogen-bond donors (Lipinski definition) is 1. The van der Waals surface area contributed by atoms with E-state index < -0.39 is 29.6 Å². The van der Waals surface area contributed by atoms with Crippen LogP contribution in [-0.2, 0) is 20.9 Å². The first-order valence-corrected chi connectivity index (χ1v) is 13.2. The number of thioether (sulfide) groups is 1. The van der Waals surface area contributed by atoms with Gasteiger partial charge < -0.3 is 19.5 Å². The van der Waals surface area contributed by atoms with Crippen LogP contribution < -0.4 is 14.8 Å². The highest BCUT2D eigenvalue weighted by Crippen LogP contribution is 2.35. The van der Waals surface area contributed by atoms with Crippen LogP contribution in [-0.4, -0.2) is 48.7 Å². The number of esters is 1. The predicted molar refractivity (Wildman–Crippen MR) is 153 cm³/mol. The van der Waals surface area contributed by atoms with Gasteiger partial charge in [-0.05, 0) is 71.4 Å². The van der Waals surface area contributed by atoms with Crippen LogP contribution in [0.5, 0.6) is 11.5 Å². The molecule has 3 aromatic rings. The van der Waals surface area contributed by atoms with Gasteiger partial charge in [0.1, 0.15) is 13.2 Å². The van der Waals surface area contributed by atoms with Gasteiger partial charge in [-0.15, -0.1) is 0 Å². The third-order valence-corrected chi connectivity index (χ3v) is 7.11. The fourth-order valence-corrected chi connectivity index (χ4v) is 4.80. The molecule has 0 spiro atoms. The number of ether oxygens (including phenoxy) is 3. The smallest absolute Gasteiger partial charge is 0.339 e. The quantitative estimate of drug-likeness (QED) is 0.233.